The zero-order valence-electron chi connectivity index (χ0n) is 23.7. The monoisotopic (exact) mass is 635 g/mol. The summed E-state index contributed by atoms with van der Waals surface area (Å²) in [5.41, 5.74) is 1.33. The van der Waals surface area contributed by atoms with Gasteiger partial charge in [0.1, 0.15) is 11.9 Å². The van der Waals surface area contributed by atoms with Crippen molar-refractivity contribution in [2.24, 2.45) is 0 Å². The lowest BCUT2D eigenvalue weighted by molar-refractivity contribution is -0.141. The first-order valence-electron chi connectivity index (χ1n) is 13.8. The van der Waals surface area contributed by atoms with Crippen LogP contribution in [0.25, 0.3) is 0 Å². The van der Waals surface area contributed by atoms with E-state index in [0.717, 1.165) is 29.0 Å². The van der Waals surface area contributed by atoms with E-state index >= 15 is 0 Å². The summed E-state index contributed by atoms with van der Waals surface area (Å²) in [6, 6.07) is 19.0. The van der Waals surface area contributed by atoms with E-state index in [9.17, 15) is 22.4 Å². The quantitative estimate of drug-likeness (QED) is 0.200. The molecule has 0 saturated heterocycles. The molecule has 3 rings (SSSR count). The lowest BCUT2D eigenvalue weighted by Crippen LogP contribution is -2.50. The molecule has 0 saturated carbocycles. The third-order valence-electron chi connectivity index (χ3n) is 6.73. The Bertz CT molecular complexity index is 1460. The molecule has 1 atom stereocenters. The van der Waals surface area contributed by atoms with Crippen LogP contribution in [0.1, 0.15) is 43.7 Å². The minimum Gasteiger partial charge on any atom is -0.354 e. The third kappa shape index (κ3) is 9.71. The van der Waals surface area contributed by atoms with Crippen molar-refractivity contribution in [1.82, 2.24) is 10.2 Å². The zero-order chi connectivity index (χ0) is 30.7. The van der Waals surface area contributed by atoms with E-state index in [2.05, 4.69) is 5.32 Å². The first kappa shape index (κ1) is 33.4. The van der Waals surface area contributed by atoms with E-state index in [4.69, 9.17) is 23.2 Å². The molecular formula is C31H36Cl2FN3O4S. The largest absolute Gasteiger partial charge is 0.354 e. The molecule has 0 bridgehead atoms. The third-order valence-corrected chi connectivity index (χ3v) is 8.46. The van der Waals surface area contributed by atoms with Gasteiger partial charge in [-0.3, -0.25) is 13.9 Å². The molecule has 0 aromatic heterocycles. The van der Waals surface area contributed by atoms with Gasteiger partial charge in [0.2, 0.25) is 21.8 Å². The van der Waals surface area contributed by atoms with Crippen molar-refractivity contribution >= 4 is 50.7 Å². The van der Waals surface area contributed by atoms with E-state index in [0.29, 0.717) is 11.6 Å². The van der Waals surface area contributed by atoms with Gasteiger partial charge in [-0.1, -0.05) is 85.1 Å². The standard InChI is InChI=1S/C31H36Cl2FN3O4S/c1-3-4-18-35-31(39)29(20-23-11-6-5-7-12-23)36(22-24-13-8-9-14-27(24)34)30(38)15-10-19-37(42(2,40)41)28-21-25(32)16-17-26(28)33/h5-9,11-14,16-17,21,29H,3-4,10,15,18-20,22H2,1-2H3,(H,35,39). The normalized spacial score (nSPS) is 12.0. The number of anilines is 1. The van der Waals surface area contributed by atoms with Gasteiger partial charge in [-0.25, -0.2) is 12.8 Å². The molecule has 1 N–H and O–H groups in total. The highest BCUT2D eigenvalue weighted by molar-refractivity contribution is 7.92. The van der Waals surface area contributed by atoms with Crippen LogP contribution in [0, 0.1) is 5.82 Å². The van der Waals surface area contributed by atoms with Crippen molar-refractivity contribution in [2.45, 2.75) is 51.6 Å². The number of nitrogens with one attached hydrogen (secondary N) is 1. The van der Waals surface area contributed by atoms with Gasteiger partial charge in [-0.2, -0.15) is 0 Å². The Balaban J connectivity index is 1.90. The van der Waals surface area contributed by atoms with Crippen molar-refractivity contribution in [3.8, 4) is 0 Å². The SMILES string of the molecule is CCCCNC(=O)C(Cc1ccccc1)N(Cc1ccccc1F)C(=O)CCCN(c1cc(Cl)ccc1Cl)S(C)(=O)=O. The molecule has 2 amide bonds. The van der Waals surface area contributed by atoms with Crippen LogP contribution in [0.3, 0.4) is 0 Å². The van der Waals surface area contributed by atoms with E-state index in [1.807, 2.05) is 37.3 Å². The van der Waals surface area contributed by atoms with Gasteiger partial charge in [-0.15, -0.1) is 0 Å². The highest BCUT2D eigenvalue weighted by Gasteiger charge is 2.31. The van der Waals surface area contributed by atoms with Crippen LogP contribution >= 0.6 is 23.2 Å². The number of amides is 2. The molecule has 11 heteroatoms. The smallest absolute Gasteiger partial charge is 0.243 e. The van der Waals surface area contributed by atoms with Crippen LogP contribution in [0.15, 0.2) is 72.8 Å². The molecule has 7 nitrogen and oxygen atoms in total. The second-order valence-electron chi connectivity index (χ2n) is 10.00. The van der Waals surface area contributed by atoms with E-state index in [1.54, 1.807) is 24.3 Å². The molecule has 0 spiro atoms. The summed E-state index contributed by atoms with van der Waals surface area (Å²) >= 11 is 12.4. The van der Waals surface area contributed by atoms with E-state index < -0.39 is 27.8 Å². The minimum atomic E-state index is -3.76. The molecule has 0 heterocycles. The Hall–Kier alpha value is -3.14. The predicted molar refractivity (Wildman–Crippen MR) is 167 cm³/mol. The minimum absolute atomic E-state index is 0.0514. The Labute approximate surface area is 257 Å². The van der Waals surface area contributed by atoms with Gasteiger partial charge in [-0.05, 0) is 42.7 Å². The Morgan fingerprint density at radius 1 is 0.976 bits per heavy atom. The van der Waals surface area contributed by atoms with Crippen LogP contribution in [0.5, 0.6) is 0 Å². The number of halogens is 3. The van der Waals surface area contributed by atoms with Crippen LogP contribution < -0.4 is 9.62 Å². The van der Waals surface area contributed by atoms with E-state index in [1.165, 1.54) is 23.1 Å². The van der Waals surface area contributed by atoms with Crippen LogP contribution in [0.4, 0.5) is 10.1 Å². The molecule has 0 fully saturated rings. The molecule has 1 unspecified atom stereocenters. The van der Waals surface area contributed by atoms with Gasteiger partial charge in [0.05, 0.1) is 17.0 Å². The molecular weight excluding hydrogens is 600 g/mol. The fourth-order valence-electron chi connectivity index (χ4n) is 4.53. The Morgan fingerprint density at radius 2 is 1.67 bits per heavy atom. The van der Waals surface area contributed by atoms with Gasteiger partial charge in [0.15, 0.2) is 0 Å². The van der Waals surface area contributed by atoms with Crippen molar-refractivity contribution in [1.29, 1.82) is 0 Å². The summed E-state index contributed by atoms with van der Waals surface area (Å²) < 4.78 is 41.2. The molecule has 3 aromatic rings. The van der Waals surface area contributed by atoms with Gasteiger partial charge in [0.25, 0.3) is 0 Å². The lowest BCUT2D eigenvalue weighted by atomic mass is 10.0. The summed E-state index contributed by atoms with van der Waals surface area (Å²) in [7, 11) is -3.76. The zero-order valence-corrected chi connectivity index (χ0v) is 26.1. The summed E-state index contributed by atoms with van der Waals surface area (Å²) in [5, 5.41) is 3.44. The Morgan fingerprint density at radius 3 is 2.33 bits per heavy atom. The van der Waals surface area contributed by atoms with Crippen LogP contribution in [-0.4, -0.2) is 50.5 Å². The number of carbonyl (C=O) groups excluding carboxylic acids is 2. The van der Waals surface area contributed by atoms with Gasteiger partial charge >= 0.3 is 0 Å². The summed E-state index contributed by atoms with van der Waals surface area (Å²) in [6.07, 6.45) is 2.97. The molecule has 0 aliphatic rings. The average Bonchev–Trinajstić information content (AvgIpc) is 2.95. The summed E-state index contributed by atoms with van der Waals surface area (Å²) in [5.74, 6) is -1.23. The molecule has 0 aliphatic heterocycles. The first-order valence-corrected chi connectivity index (χ1v) is 16.4. The average molecular weight is 637 g/mol. The molecule has 0 aliphatic carbocycles. The highest BCUT2D eigenvalue weighted by atomic mass is 35.5. The maximum absolute atomic E-state index is 14.8. The second kappa shape index (κ2) is 15.9. The van der Waals surface area contributed by atoms with Gasteiger partial charge < -0.3 is 10.2 Å². The number of hydrogen-bond donors (Lipinski definition) is 1. The second-order valence-corrected chi connectivity index (χ2v) is 12.7. The molecule has 226 valence electrons. The fourth-order valence-corrected chi connectivity index (χ4v) is 5.93. The maximum Gasteiger partial charge on any atom is 0.243 e. The molecule has 3 aromatic carbocycles. The maximum atomic E-state index is 14.8. The number of benzene rings is 3. The number of hydrogen-bond acceptors (Lipinski definition) is 4. The predicted octanol–water partition coefficient (Wildman–Crippen LogP) is 6.24. The number of sulfonamides is 1. The first-order chi connectivity index (χ1) is 20.0. The van der Waals surface area contributed by atoms with Crippen molar-refractivity contribution in [2.75, 3.05) is 23.7 Å². The van der Waals surface area contributed by atoms with Crippen LogP contribution in [-0.2, 0) is 32.6 Å². The van der Waals surface area contributed by atoms with Crippen molar-refractivity contribution in [3.63, 3.8) is 0 Å². The van der Waals surface area contributed by atoms with Crippen LogP contribution in [0.2, 0.25) is 10.0 Å². The van der Waals surface area contributed by atoms with Gasteiger partial charge in [0, 0.05) is 43.1 Å². The number of carbonyl (C=O) groups is 2. The number of nitrogens with zero attached hydrogens (tertiary/aromatic N) is 2. The summed E-state index contributed by atoms with van der Waals surface area (Å²) in [4.78, 5) is 28.7. The number of rotatable bonds is 15. The molecule has 42 heavy (non-hydrogen) atoms. The molecule has 0 radical (unpaired) electrons. The lowest BCUT2D eigenvalue weighted by Gasteiger charge is -2.32. The topological polar surface area (TPSA) is 86.8 Å². The fraction of sp³-hybridized carbons (Fsp3) is 0.355. The van der Waals surface area contributed by atoms with Crippen molar-refractivity contribution in [3.05, 3.63) is 99.8 Å². The summed E-state index contributed by atoms with van der Waals surface area (Å²) in [6.45, 7) is 2.29. The number of unbranched alkanes of at least 4 members (excludes halogenated alkanes) is 1. The van der Waals surface area contributed by atoms with Crippen molar-refractivity contribution < 1.29 is 22.4 Å². The highest BCUT2D eigenvalue weighted by Crippen LogP contribution is 2.31. The Kier molecular flexibility index (Phi) is 12.6. The van der Waals surface area contributed by atoms with E-state index in [-0.39, 0.29) is 54.5 Å².